The van der Waals surface area contributed by atoms with Crippen LogP contribution < -0.4 is 0 Å². The molecule has 0 saturated heterocycles. The maximum atomic E-state index is 11.9. The van der Waals surface area contributed by atoms with Crippen LogP contribution in [0.5, 0.6) is 0 Å². The predicted octanol–water partition coefficient (Wildman–Crippen LogP) is 2.47. The van der Waals surface area contributed by atoms with Gasteiger partial charge in [0.05, 0.1) is 6.54 Å². The minimum atomic E-state index is 0.198. The van der Waals surface area contributed by atoms with E-state index in [0.29, 0.717) is 6.54 Å². The van der Waals surface area contributed by atoms with Crippen molar-refractivity contribution in [3.63, 3.8) is 0 Å². The van der Waals surface area contributed by atoms with Crippen molar-refractivity contribution in [3.8, 4) is 0 Å². The number of thioether (sulfide) groups is 1. The van der Waals surface area contributed by atoms with Crippen LogP contribution in [0, 0.1) is 6.92 Å². The second kappa shape index (κ2) is 6.71. The lowest BCUT2D eigenvalue weighted by atomic mass is 10.1. The molecule has 1 rings (SSSR count). The van der Waals surface area contributed by atoms with Crippen LogP contribution in [-0.4, -0.2) is 42.8 Å². The molecular weight excluding hydrogens is 218 g/mol. The molecule has 0 aromatic heterocycles. The monoisotopic (exact) mass is 237 g/mol. The Morgan fingerprint density at radius 3 is 2.50 bits per heavy atom. The van der Waals surface area contributed by atoms with Crippen molar-refractivity contribution >= 4 is 17.5 Å². The average Bonchev–Trinajstić information content (AvgIpc) is 2.27. The Hall–Kier alpha value is -0.800. The quantitative estimate of drug-likeness (QED) is 0.709. The highest BCUT2D eigenvalue weighted by Crippen LogP contribution is 2.05. The normalized spacial score (nSPS) is 10.8. The smallest absolute Gasteiger partial charge is 0.176 e. The fourth-order valence-corrected chi connectivity index (χ4v) is 1.90. The predicted molar refractivity (Wildman–Crippen MR) is 71.4 cm³/mol. The molecule has 0 atom stereocenters. The lowest BCUT2D eigenvalue weighted by Crippen LogP contribution is -2.28. The van der Waals surface area contributed by atoms with Gasteiger partial charge in [-0.05, 0) is 20.2 Å². The summed E-state index contributed by atoms with van der Waals surface area (Å²) >= 11 is 1.80. The highest BCUT2D eigenvalue weighted by Gasteiger charge is 2.08. The van der Waals surface area contributed by atoms with E-state index in [2.05, 4.69) is 11.2 Å². The van der Waals surface area contributed by atoms with Gasteiger partial charge < -0.3 is 0 Å². The lowest BCUT2D eigenvalue weighted by molar-refractivity contribution is 0.0949. The van der Waals surface area contributed by atoms with E-state index in [1.165, 1.54) is 5.56 Å². The lowest BCUT2D eigenvalue weighted by Gasteiger charge is -2.14. The number of Topliss-reactive ketones (excluding diaryl/α,β-unsaturated/α-hetero) is 1. The molecule has 0 amide bonds. The highest BCUT2D eigenvalue weighted by molar-refractivity contribution is 7.98. The van der Waals surface area contributed by atoms with Gasteiger partial charge in [-0.2, -0.15) is 11.8 Å². The largest absolute Gasteiger partial charge is 0.298 e. The number of hydrogen-bond acceptors (Lipinski definition) is 3. The van der Waals surface area contributed by atoms with Crippen LogP contribution in [0.15, 0.2) is 24.3 Å². The third kappa shape index (κ3) is 4.37. The summed E-state index contributed by atoms with van der Waals surface area (Å²) in [6, 6.07) is 7.77. The molecule has 2 nitrogen and oxygen atoms in total. The van der Waals surface area contributed by atoms with Gasteiger partial charge in [0.25, 0.3) is 0 Å². The van der Waals surface area contributed by atoms with Crippen LogP contribution in [0.25, 0.3) is 0 Å². The number of benzene rings is 1. The first-order valence-electron chi connectivity index (χ1n) is 5.41. The number of carbonyl (C=O) groups is 1. The van der Waals surface area contributed by atoms with E-state index < -0.39 is 0 Å². The zero-order valence-electron chi connectivity index (χ0n) is 10.2. The summed E-state index contributed by atoms with van der Waals surface area (Å²) in [5, 5.41) is 0. The molecule has 0 aliphatic rings. The summed E-state index contributed by atoms with van der Waals surface area (Å²) in [4.78, 5) is 13.9. The van der Waals surface area contributed by atoms with E-state index in [-0.39, 0.29) is 5.78 Å². The van der Waals surface area contributed by atoms with Gasteiger partial charge in [0.1, 0.15) is 0 Å². The summed E-state index contributed by atoms with van der Waals surface area (Å²) < 4.78 is 0. The molecule has 0 spiro atoms. The van der Waals surface area contributed by atoms with Gasteiger partial charge in [0, 0.05) is 17.9 Å². The van der Waals surface area contributed by atoms with E-state index in [0.717, 1.165) is 17.9 Å². The van der Waals surface area contributed by atoms with Gasteiger partial charge in [-0.15, -0.1) is 0 Å². The van der Waals surface area contributed by atoms with Crippen molar-refractivity contribution in [2.75, 3.05) is 32.1 Å². The molecule has 0 aliphatic carbocycles. The Morgan fingerprint density at radius 2 is 1.94 bits per heavy atom. The molecule has 0 radical (unpaired) electrons. The molecule has 3 heteroatoms. The highest BCUT2D eigenvalue weighted by atomic mass is 32.2. The van der Waals surface area contributed by atoms with Gasteiger partial charge in [0.15, 0.2) is 5.78 Å². The maximum Gasteiger partial charge on any atom is 0.176 e. The van der Waals surface area contributed by atoms with Crippen molar-refractivity contribution in [1.29, 1.82) is 0 Å². The topological polar surface area (TPSA) is 20.3 Å². The van der Waals surface area contributed by atoms with Crippen LogP contribution in [0.1, 0.15) is 15.9 Å². The summed E-state index contributed by atoms with van der Waals surface area (Å²) in [6.07, 6.45) is 2.08. The average molecular weight is 237 g/mol. The van der Waals surface area contributed by atoms with Crippen molar-refractivity contribution in [2.45, 2.75) is 6.92 Å². The summed E-state index contributed by atoms with van der Waals surface area (Å²) in [5.74, 6) is 1.26. The second-order valence-corrected chi connectivity index (χ2v) is 5.01. The third-order valence-corrected chi connectivity index (χ3v) is 3.06. The van der Waals surface area contributed by atoms with Crippen molar-refractivity contribution in [3.05, 3.63) is 35.4 Å². The molecule has 16 heavy (non-hydrogen) atoms. The van der Waals surface area contributed by atoms with Gasteiger partial charge in [-0.25, -0.2) is 0 Å². The number of nitrogens with zero attached hydrogens (tertiary/aromatic N) is 1. The molecule has 0 unspecified atom stereocenters. The van der Waals surface area contributed by atoms with Crippen LogP contribution in [-0.2, 0) is 0 Å². The molecule has 0 aliphatic heterocycles. The minimum absolute atomic E-state index is 0.198. The molecule has 0 saturated carbocycles. The van der Waals surface area contributed by atoms with Gasteiger partial charge >= 0.3 is 0 Å². The van der Waals surface area contributed by atoms with Crippen molar-refractivity contribution in [2.24, 2.45) is 0 Å². The number of ketones is 1. The SMILES string of the molecule is CSCCN(C)CC(=O)c1ccc(C)cc1. The Bertz CT molecular complexity index is 334. The van der Waals surface area contributed by atoms with Crippen molar-refractivity contribution in [1.82, 2.24) is 4.90 Å². The molecule has 88 valence electrons. The minimum Gasteiger partial charge on any atom is -0.298 e. The second-order valence-electron chi connectivity index (χ2n) is 4.02. The number of carbonyl (C=O) groups excluding carboxylic acids is 1. The zero-order valence-corrected chi connectivity index (χ0v) is 11.0. The zero-order chi connectivity index (χ0) is 12.0. The van der Waals surface area contributed by atoms with Gasteiger partial charge in [-0.3, -0.25) is 9.69 Å². The molecule has 1 aromatic rings. The third-order valence-electron chi connectivity index (χ3n) is 2.46. The van der Waals surface area contributed by atoms with E-state index in [9.17, 15) is 4.79 Å². The van der Waals surface area contributed by atoms with Crippen LogP contribution in [0.3, 0.4) is 0 Å². The summed E-state index contributed by atoms with van der Waals surface area (Å²) in [5.41, 5.74) is 1.99. The van der Waals surface area contributed by atoms with Gasteiger partial charge in [0.2, 0.25) is 0 Å². The Balaban J connectivity index is 2.48. The summed E-state index contributed by atoms with van der Waals surface area (Å²) in [6.45, 7) is 3.49. The molecule has 0 bridgehead atoms. The number of aryl methyl sites for hydroxylation is 1. The Labute approximate surface area is 102 Å². The standard InChI is InChI=1S/C13H19NOS/c1-11-4-6-12(7-5-11)13(15)10-14(2)8-9-16-3/h4-7H,8-10H2,1-3H3. The number of hydrogen-bond donors (Lipinski definition) is 0. The number of likely N-dealkylation sites (N-methyl/N-ethyl adjacent to an activating group) is 1. The van der Waals surface area contributed by atoms with E-state index >= 15 is 0 Å². The molecule has 1 aromatic carbocycles. The Morgan fingerprint density at radius 1 is 1.31 bits per heavy atom. The fraction of sp³-hybridized carbons (Fsp3) is 0.462. The van der Waals surface area contributed by atoms with Gasteiger partial charge in [-0.1, -0.05) is 29.8 Å². The van der Waals surface area contributed by atoms with Crippen molar-refractivity contribution < 1.29 is 4.79 Å². The van der Waals surface area contributed by atoms with E-state index in [1.807, 2.05) is 38.2 Å². The first-order chi connectivity index (χ1) is 7.63. The first kappa shape index (κ1) is 13.3. The van der Waals surface area contributed by atoms with E-state index in [1.54, 1.807) is 11.8 Å². The molecule has 0 fully saturated rings. The van der Waals surface area contributed by atoms with E-state index in [4.69, 9.17) is 0 Å². The fourth-order valence-electron chi connectivity index (χ4n) is 1.40. The first-order valence-corrected chi connectivity index (χ1v) is 6.80. The molecular formula is C13H19NOS. The van der Waals surface area contributed by atoms with Crippen LogP contribution >= 0.6 is 11.8 Å². The van der Waals surface area contributed by atoms with Crippen LogP contribution in [0.2, 0.25) is 0 Å². The number of rotatable bonds is 6. The Kier molecular flexibility index (Phi) is 5.56. The summed E-state index contributed by atoms with van der Waals surface area (Å²) in [7, 11) is 1.99. The molecule has 0 heterocycles. The molecule has 0 N–H and O–H groups in total. The van der Waals surface area contributed by atoms with Crippen LogP contribution in [0.4, 0.5) is 0 Å². The maximum absolute atomic E-state index is 11.9.